The average Bonchev–Trinajstić information content (AvgIpc) is 3.62. The molecule has 0 aliphatic carbocycles. The van der Waals surface area contributed by atoms with E-state index in [4.69, 9.17) is 4.74 Å². The van der Waals surface area contributed by atoms with Gasteiger partial charge in [-0.2, -0.15) is 16.4 Å². The predicted molar refractivity (Wildman–Crippen MR) is 142 cm³/mol. The molecule has 1 unspecified atom stereocenters. The summed E-state index contributed by atoms with van der Waals surface area (Å²) in [7, 11) is 1.32. The number of nitrogens with zero attached hydrogens (tertiary/aromatic N) is 3. The van der Waals surface area contributed by atoms with Gasteiger partial charge >= 0.3 is 5.97 Å². The van der Waals surface area contributed by atoms with Gasteiger partial charge in [-0.1, -0.05) is 39.0 Å². The number of aromatic nitrogens is 3. The molecular formula is C28H28N4O4S. The molecule has 0 spiro atoms. The number of methoxy groups -OCH3 is 1. The molecule has 8 nitrogen and oxygen atoms in total. The number of anilines is 1. The van der Waals surface area contributed by atoms with Gasteiger partial charge in [0, 0.05) is 28.4 Å². The van der Waals surface area contributed by atoms with Crippen molar-refractivity contribution in [3.8, 4) is 11.1 Å². The third kappa shape index (κ3) is 4.68. The lowest BCUT2D eigenvalue weighted by molar-refractivity contribution is -0.146. The first-order valence-corrected chi connectivity index (χ1v) is 12.9. The van der Waals surface area contributed by atoms with Crippen molar-refractivity contribution in [2.75, 3.05) is 18.6 Å². The molecule has 0 bridgehead atoms. The summed E-state index contributed by atoms with van der Waals surface area (Å²) in [4.78, 5) is 31.8. The molecule has 9 heteroatoms. The monoisotopic (exact) mass is 516 g/mol. The van der Waals surface area contributed by atoms with Crippen molar-refractivity contribution >= 4 is 28.9 Å². The average molecular weight is 517 g/mol. The maximum Gasteiger partial charge on any atom is 0.331 e. The zero-order valence-electron chi connectivity index (χ0n) is 21.1. The van der Waals surface area contributed by atoms with E-state index in [1.165, 1.54) is 7.11 Å². The minimum absolute atomic E-state index is 0.0962. The number of amides is 1. The van der Waals surface area contributed by atoms with Crippen LogP contribution in [0.1, 0.15) is 59.8 Å². The Bertz CT molecular complexity index is 1420. The van der Waals surface area contributed by atoms with Crippen LogP contribution < -0.4 is 4.90 Å². The van der Waals surface area contributed by atoms with Gasteiger partial charge in [0.2, 0.25) is 0 Å². The van der Waals surface area contributed by atoms with Gasteiger partial charge in [-0.15, -0.1) is 0 Å². The second-order valence-electron chi connectivity index (χ2n) is 9.86. The van der Waals surface area contributed by atoms with Crippen LogP contribution in [0.4, 0.5) is 5.69 Å². The first-order chi connectivity index (χ1) is 17.8. The smallest absolute Gasteiger partial charge is 0.331 e. The number of thiophene rings is 1. The minimum Gasteiger partial charge on any atom is -0.467 e. The number of pyridine rings is 1. The highest BCUT2D eigenvalue weighted by Gasteiger charge is 2.45. The fourth-order valence-electron chi connectivity index (χ4n) is 4.63. The molecule has 0 saturated carbocycles. The second-order valence-corrected chi connectivity index (χ2v) is 10.6. The quantitative estimate of drug-likeness (QED) is 0.336. The fraction of sp³-hybridized carbons (Fsp3) is 0.286. The molecule has 190 valence electrons. The van der Waals surface area contributed by atoms with E-state index in [1.54, 1.807) is 22.4 Å². The number of aromatic amines is 1. The van der Waals surface area contributed by atoms with Crippen LogP contribution >= 0.6 is 11.3 Å². The Morgan fingerprint density at radius 2 is 1.92 bits per heavy atom. The summed E-state index contributed by atoms with van der Waals surface area (Å²) >= 11 is 1.65. The number of hydrogen-bond acceptors (Lipinski definition) is 7. The second kappa shape index (κ2) is 9.91. The number of hydrogen-bond donors (Lipinski definition) is 1. The van der Waals surface area contributed by atoms with Crippen molar-refractivity contribution in [3.05, 3.63) is 87.6 Å². The van der Waals surface area contributed by atoms with Crippen LogP contribution in [0.25, 0.3) is 11.1 Å². The molecule has 4 aromatic rings. The van der Waals surface area contributed by atoms with Crippen LogP contribution in [0, 0.1) is 0 Å². The summed E-state index contributed by atoms with van der Waals surface area (Å²) in [5, 5.41) is 11.7. The van der Waals surface area contributed by atoms with Gasteiger partial charge in [0.25, 0.3) is 5.91 Å². The molecule has 1 aliphatic rings. The van der Waals surface area contributed by atoms with Crippen LogP contribution in [-0.4, -0.2) is 40.8 Å². The lowest BCUT2D eigenvalue weighted by Gasteiger charge is -2.29. The van der Waals surface area contributed by atoms with Crippen molar-refractivity contribution in [1.82, 2.24) is 15.2 Å². The molecule has 37 heavy (non-hydrogen) atoms. The highest BCUT2D eigenvalue weighted by atomic mass is 32.1. The van der Waals surface area contributed by atoms with E-state index < -0.39 is 12.0 Å². The number of fused-ring (bicyclic) bond motifs is 1. The lowest BCUT2D eigenvalue weighted by Crippen LogP contribution is -2.31. The van der Waals surface area contributed by atoms with E-state index in [0.717, 1.165) is 33.6 Å². The Morgan fingerprint density at radius 1 is 1.14 bits per heavy atom. The van der Waals surface area contributed by atoms with Crippen molar-refractivity contribution in [2.24, 2.45) is 0 Å². The Morgan fingerprint density at radius 3 is 2.59 bits per heavy atom. The number of H-pyrrole nitrogens is 1. The molecule has 1 aromatic carbocycles. The molecule has 1 atom stereocenters. The van der Waals surface area contributed by atoms with E-state index in [2.05, 4.69) is 52.1 Å². The molecule has 5 rings (SSSR count). The summed E-state index contributed by atoms with van der Waals surface area (Å²) in [6.45, 7) is 6.14. The highest BCUT2D eigenvalue weighted by molar-refractivity contribution is 7.08. The number of nitrogens with one attached hydrogen (secondary N) is 1. The predicted octanol–water partition coefficient (Wildman–Crippen LogP) is 5.27. The normalized spacial score (nSPS) is 15.2. The molecule has 1 amide bonds. The van der Waals surface area contributed by atoms with E-state index in [-0.39, 0.29) is 24.5 Å². The first-order valence-electron chi connectivity index (χ1n) is 11.9. The van der Waals surface area contributed by atoms with Gasteiger partial charge in [-0.05, 0) is 46.2 Å². The maximum absolute atomic E-state index is 13.8. The van der Waals surface area contributed by atoms with Crippen molar-refractivity contribution < 1.29 is 19.1 Å². The third-order valence-corrected chi connectivity index (χ3v) is 7.07. The van der Waals surface area contributed by atoms with E-state index >= 15 is 0 Å². The number of ether oxygens (including phenoxy) is 2. The Hall–Kier alpha value is -3.82. The summed E-state index contributed by atoms with van der Waals surface area (Å²) in [5.41, 5.74) is 6.28. The molecule has 0 radical (unpaired) electrons. The van der Waals surface area contributed by atoms with Gasteiger partial charge in [-0.25, -0.2) is 4.79 Å². The number of esters is 1. The van der Waals surface area contributed by atoms with Gasteiger partial charge in [-0.3, -0.25) is 19.8 Å². The molecule has 1 aliphatic heterocycles. The largest absolute Gasteiger partial charge is 0.467 e. The summed E-state index contributed by atoms with van der Waals surface area (Å²) < 4.78 is 10.3. The van der Waals surface area contributed by atoms with E-state index in [1.807, 2.05) is 41.8 Å². The SMILES string of the molecule is COC(=O)COCc1ncccc1C1c2c(C(C)(C)C)n[nH]c2C(=O)N1c1ccc(-c2ccsc2)cc1. The number of carbonyl (C=O) groups excluding carboxylic acids is 2. The van der Waals surface area contributed by atoms with Crippen LogP contribution in [0.15, 0.2) is 59.4 Å². The first kappa shape index (κ1) is 24.9. The van der Waals surface area contributed by atoms with Crippen LogP contribution in [0.2, 0.25) is 0 Å². The van der Waals surface area contributed by atoms with Crippen molar-refractivity contribution in [3.63, 3.8) is 0 Å². The number of carbonyl (C=O) groups is 2. The number of rotatable bonds is 7. The molecule has 1 N–H and O–H groups in total. The molecule has 3 aromatic heterocycles. The van der Waals surface area contributed by atoms with E-state index in [9.17, 15) is 9.59 Å². The zero-order chi connectivity index (χ0) is 26.2. The molecule has 0 fully saturated rings. The van der Waals surface area contributed by atoms with Gasteiger partial charge < -0.3 is 9.47 Å². The van der Waals surface area contributed by atoms with Crippen molar-refractivity contribution in [2.45, 2.75) is 38.8 Å². The van der Waals surface area contributed by atoms with Gasteiger partial charge in [0.15, 0.2) is 0 Å². The Labute approximate surface area is 219 Å². The topological polar surface area (TPSA) is 97.4 Å². The maximum atomic E-state index is 13.8. The van der Waals surface area contributed by atoms with Crippen LogP contribution in [-0.2, 0) is 26.3 Å². The number of benzene rings is 1. The summed E-state index contributed by atoms with van der Waals surface area (Å²) in [6, 6.07) is 13.4. The minimum atomic E-state index is -0.465. The summed E-state index contributed by atoms with van der Waals surface area (Å²) in [5.74, 6) is -0.621. The zero-order valence-corrected chi connectivity index (χ0v) is 22.0. The standard InChI is InChI=1S/C28H28N4O4S/c1-28(2,3)26-23-24(30-31-26)27(34)32(19-9-7-17(8-10-19)18-11-13-37-16-18)25(23)20-6-5-12-29-21(20)14-36-15-22(33)35-4/h5-13,16,25H,14-15H2,1-4H3,(H,30,31). The molecular weight excluding hydrogens is 488 g/mol. The fourth-order valence-corrected chi connectivity index (χ4v) is 5.30. The molecule has 4 heterocycles. The summed E-state index contributed by atoms with van der Waals surface area (Å²) in [6.07, 6.45) is 1.68. The Kier molecular flexibility index (Phi) is 6.66. The Balaban J connectivity index is 1.60. The molecule has 0 saturated heterocycles. The lowest BCUT2D eigenvalue weighted by atomic mass is 9.85. The van der Waals surface area contributed by atoms with E-state index in [0.29, 0.717) is 11.4 Å². The van der Waals surface area contributed by atoms with Crippen LogP contribution in [0.3, 0.4) is 0 Å². The van der Waals surface area contributed by atoms with Gasteiger partial charge in [0.1, 0.15) is 12.3 Å². The van der Waals surface area contributed by atoms with Gasteiger partial charge in [0.05, 0.1) is 31.1 Å². The highest BCUT2D eigenvalue weighted by Crippen LogP contribution is 2.46. The third-order valence-electron chi connectivity index (χ3n) is 6.39. The van der Waals surface area contributed by atoms with Crippen LogP contribution in [0.5, 0.6) is 0 Å². The van der Waals surface area contributed by atoms with Crippen molar-refractivity contribution in [1.29, 1.82) is 0 Å².